The van der Waals surface area contributed by atoms with Gasteiger partial charge in [-0.25, -0.2) is 4.39 Å². The van der Waals surface area contributed by atoms with Gasteiger partial charge in [-0.3, -0.25) is 4.79 Å². The van der Waals surface area contributed by atoms with E-state index in [0.29, 0.717) is 21.6 Å². The highest BCUT2D eigenvalue weighted by molar-refractivity contribution is 9.10. The number of rotatable bonds is 4. The van der Waals surface area contributed by atoms with Gasteiger partial charge in [0.25, 0.3) is 5.91 Å². The van der Waals surface area contributed by atoms with E-state index in [4.69, 9.17) is 17.0 Å². The molecular formula is C17H11BrFNO2S2. The van der Waals surface area contributed by atoms with Crippen molar-refractivity contribution in [2.24, 2.45) is 0 Å². The normalized spacial score (nSPS) is 15.7. The zero-order valence-corrected chi connectivity index (χ0v) is 15.4. The molecule has 0 radical (unpaired) electrons. The van der Waals surface area contributed by atoms with Crippen molar-refractivity contribution in [3.63, 3.8) is 0 Å². The fourth-order valence-electron chi connectivity index (χ4n) is 2.07. The zero-order chi connectivity index (χ0) is 17.1. The van der Waals surface area contributed by atoms with Crippen molar-refractivity contribution in [2.75, 3.05) is 0 Å². The first kappa shape index (κ1) is 17.1. The second kappa shape index (κ2) is 7.46. The summed E-state index contributed by atoms with van der Waals surface area (Å²) in [5, 5.41) is 2.58. The molecule has 3 rings (SSSR count). The maximum Gasteiger partial charge on any atom is 0.263 e. The molecule has 1 N–H and O–H groups in total. The van der Waals surface area contributed by atoms with Gasteiger partial charge in [0, 0.05) is 10.0 Å². The summed E-state index contributed by atoms with van der Waals surface area (Å²) < 4.78 is 20.1. The Morgan fingerprint density at radius 2 is 2.00 bits per heavy atom. The Hall–Kier alpha value is -1.70. The van der Waals surface area contributed by atoms with Crippen LogP contribution in [0.4, 0.5) is 4.39 Å². The molecule has 1 aliphatic rings. The minimum Gasteiger partial charge on any atom is -0.488 e. The fourth-order valence-corrected chi connectivity index (χ4v) is 3.48. The van der Waals surface area contributed by atoms with Gasteiger partial charge in [0.05, 0.1) is 4.91 Å². The number of carbonyl (C=O) groups excluding carboxylic acids is 1. The quantitative estimate of drug-likeness (QED) is 0.573. The second-order valence-corrected chi connectivity index (χ2v) is 7.58. The Kier molecular flexibility index (Phi) is 5.33. The lowest BCUT2D eigenvalue weighted by atomic mass is 10.2. The molecule has 1 amide bonds. The molecule has 0 aromatic heterocycles. The molecule has 0 atom stereocenters. The number of hydrogen-bond acceptors (Lipinski definition) is 4. The third-order valence-electron chi connectivity index (χ3n) is 3.21. The van der Waals surface area contributed by atoms with E-state index >= 15 is 0 Å². The van der Waals surface area contributed by atoms with Crippen molar-refractivity contribution >= 4 is 56.2 Å². The summed E-state index contributed by atoms with van der Waals surface area (Å²) in [6.45, 7) is 0.301. The van der Waals surface area contributed by atoms with Crippen LogP contribution in [0, 0.1) is 5.82 Å². The van der Waals surface area contributed by atoms with Crippen LogP contribution in [0.1, 0.15) is 11.1 Å². The standard InChI is InChI=1S/C17H11BrFNO2S2/c18-12-3-6-14(22-9-10-1-4-13(19)5-2-10)11(7-12)8-15-16(21)20-17(23)24-15/h1-8H,9H2,(H,20,21,23). The number of nitrogens with one attached hydrogen (secondary N) is 1. The topological polar surface area (TPSA) is 38.3 Å². The number of thiocarbonyl (C=S) groups is 1. The smallest absolute Gasteiger partial charge is 0.263 e. The molecule has 122 valence electrons. The molecule has 7 heteroatoms. The van der Waals surface area contributed by atoms with Gasteiger partial charge in [0.2, 0.25) is 0 Å². The minimum atomic E-state index is -0.284. The van der Waals surface area contributed by atoms with Crippen LogP contribution in [0.5, 0.6) is 5.75 Å². The van der Waals surface area contributed by atoms with Crippen molar-refractivity contribution in [3.8, 4) is 5.75 Å². The number of amides is 1. The molecular weight excluding hydrogens is 413 g/mol. The van der Waals surface area contributed by atoms with E-state index < -0.39 is 0 Å². The van der Waals surface area contributed by atoms with E-state index in [9.17, 15) is 9.18 Å². The maximum absolute atomic E-state index is 12.9. The van der Waals surface area contributed by atoms with E-state index in [1.807, 2.05) is 18.2 Å². The van der Waals surface area contributed by atoms with Crippen LogP contribution in [0.15, 0.2) is 51.8 Å². The molecule has 2 aromatic rings. The number of thioether (sulfide) groups is 1. The van der Waals surface area contributed by atoms with Crippen LogP contribution in [0.3, 0.4) is 0 Å². The highest BCUT2D eigenvalue weighted by atomic mass is 79.9. The van der Waals surface area contributed by atoms with Crippen molar-refractivity contribution in [2.45, 2.75) is 6.61 Å². The Morgan fingerprint density at radius 3 is 2.67 bits per heavy atom. The van der Waals surface area contributed by atoms with E-state index in [1.165, 1.54) is 23.9 Å². The molecule has 1 aliphatic heterocycles. The summed E-state index contributed by atoms with van der Waals surface area (Å²) in [6.07, 6.45) is 1.74. The predicted octanol–water partition coefficient (Wildman–Crippen LogP) is 4.66. The van der Waals surface area contributed by atoms with Crippen LogP contribution in [0.2, 0.25) is 0 Å². The first-order valence-electron chi connectivity index (χ1n) is 6.93. The fraction of sp³-hybridized carbons (Fsp3) is 0.0588. The Balaban J connectivity index is 1.83. The lowest BCUT2D eigenvalue weighted by Gasteiger charge is -2.10. The maximum atomic E-state index is 12.9. The summed E-state index contributed by atoms with van der Waals surface area (Å²) in [5.74, 6) is 0.128. The lowest BCUT2D eigenvalue weighted by Crippen LogP contribution is -2.17. The molecule has 3 nitrogen and oxygen atoms in total. The molecule has 2 aromatic carbocycles. The van der Waals surface area contributed by atoms with E-state index in [1.54, 1.807) is 18.2 Å². The highest BCUT2D eigenvalue weighted by Gasteiger charge is 2.22. The SMILES string of the molecule is O=C1NC(=S)SC1=Cc1cc(Br)ccc1OCc1ccc(F)cc1. The van der Waals surface area contributed by atoms with Crippen LogP contribution < -0.4 is 10.1 Å². The molecule has 24 heavy (non-hydrogen) atoms. The number of ether oxygens (including phenoxy) is 1. The second-order valence-electron chi connectivity index (χ2n) is 4.95. The first-order valence-corrected chi connectivity index (χ1v) is 8.95. The lowest BCUT2D eigenvalue weighted by molar-refractivity contribution is -0.115. The summed E-state index contributed by atoms with van der Waals surface area (Å²) in [4.78, 5) is 12.3. The third-order valence-corrected chi connectivity index (χ3v) is 4.86. The zero-order valence-electron chi connectivity index (χ0n) is 12.2. The summed E-state index contributed by atoms with van der Waals surface area (Å²) >= 11 is 9.63. The predicted molar refractivity (Wildman–Crippen MR) is 101 cm³/mol. The van der Waals surface area contributed by atoms with Crippen LogP contribution >= 0.6 is 39.9 Å². The molecule has 0 spiro atoms. The minimum absolute atomic E-state index is 0.213. The van der Waals surface area contributed by atoms with Crippen molar-refractivity contribution in [3.05, 3.63) is 68.8 Å². The number of carbonyl (C=O) groups is 1. The molecule has 1 fully saturated rings. The number of benzene rings is 2. The molecule has 0 saturated carbocycles. The van der Waals surface area contributed by atoms with Gasteiger partial charge in [0.15, 0.2) is 0 Å². The molecule has 1 heterocycles. The summed E-state index contributed by atoms with van der Waals surface area (Å²) in [6, 6.07) is 11.7. The van der Waals surface area contributed by atoms with Gasteiger partial charge >= 0.3 is 0 Å². The van der Waals surface area contributed by atoms with Gasteiger partial charge in [-0.05, 0) is 42.0 Å². The van der Waals surface area contributed by atoms with E-state index in [0.717, 1.165) is 15.6 Å². The van der Waals surface area contributed by atoms with Gasteiger partial charge in [-0.15, -0.1) is 0 Å². The molecule has 1 saturated heterocycles. The van der Waals surface area contributed by atoms with Gasteiger partial charge in [-0.1, -0.05) is 52.0 Å². The Bertz CT molecular complexity index is 837. The molecule has 0 unspecified atom stereocenters. The summed E-state index contributed by atoms with van der Waals surface area (Å²) in [7, 11) is 0. The third kappa shape index (κ3) is 4.23. The highest BCUT2D eigenvalue weighted by Crippen LogP contribution is 2.31. The van der Waals surface area contributed by atoms with Crippen molar-refractivity contribution < 1.29 is 13.9 Å². The average Bonchev–Trinajstić information content (AvgIpc) is 2.86. The monoisotopic (exact) mass is 423 g/mol. The number of halogens is 2. The van der Waals surface area contributed by atoms with Crippen molar-refractivity contribution in [1.82, 2.24) is 5.32 Å². The largest absolute Gasteiger partial charge is 0.488 e. The average molecular weight is 424 g/mol. The molecule has 0 aliphatic carbocycles. The van der Waals surface area contributed by atoms with Gasteiger partial charge < -0.3 is 10.1 Å². The molecule has 0 bridgehead atoms. The van der Waals surface area contributed by atoms with Gasteiger partial charge in [0.1, 0.15) is 22.5 Å². The summed E-state index contributed by atoms with van der Waals surface area (Å²) in [5.41, 5.74) is 1.61. The van der Waals surface area contributed by atoms with Crippen molar-refractivity contribution in [1.29, 1.82) is 0 Å². The Labute approximate surface area is 156 Å². The van der Waals surface area contributed by atoms with Crippen LogP contribution in [-0.2, 0) is 11.4 Å². The van der Waals surface area contributed by atoms with Gasteiger partial charge in [-0.2, -0.15) is 0 Å². The van der Waals surface area contributed by atoms with E-state index in [-0.39, 0.29) is 11.7 Å². The first-order chi connectivity index (χ1) is 11.5. The van der Waals surface area contributed by atoms with Crippen LogP contribution in [0.25, 0.3) is 6.08 Å². The number of hydrogen-bond donors (Lipinski definition) is 1. The van der Waals surface area contributed by atoms with Crippen LogP contribution in [-0.4, -0.2) is 10.2 Å². The Morgan fingerprint density at radius 1 is 1.25 bits per heavy atom. The van der Waals surface area contributed by atoms with E-state index in [2.05, 4.69) is 21.2 Å².